The van der Waals surface area contributed by atoms with Crippen molar-refractivity contribution in [2.75, 3.05) is 19.6 Å². The minimum Gasteiger partial charge on any atom is -0.487 e. The Morgan fingerprint density at radius 2 is 1.88 bits per heavy atom. The van der Waals surface area contributed by atoms with Crippen LogP contribution >= 0.6 is 23.1 Å². The highest BCUT2D eigenvalue weighted by Crippen LogP contribution is 2.45. The average Bonchev–Trinajstić information content (AvgIpc) is 3.60. The van der Waals surface area contributed by atoms with Gasteiger partial charge in [-0.3, -0.25) is 24.3 Å². The molecule has 13 heteroatoms. The Kier molecular flexibility index (Phi) is 8.52. The number of halogens is 1. The van der Waals surface area contributed by atoms with Crippen molar-refractivity contribution in [3.63, 3.8) is 0 Å². The summed E-state index contributed by atoms with van der Waals surface area (Å²) in [6.07, 6.45) is -0.679. The zero-order valence-electron chi connectivity index (χ0n) is 23.7. The van der Waals surface area contributed by atoms with Crippen molar-refractivity contribution in [2.24, 2.45) is 4.99 Å². The smallest absolute Gasteiger partial charge is 0.326 e. The van der Waals surface area contributed by atoms with Gasteiger partial charge in [-0.25, -0.2) is 4.79 Å². The molecule has 0 bridgehead atoms. The Balaban J connectivity index is 1.69. The Morgan fingerprint density at radius 3 is 2.51 bits per heavy atom. The lowest BCUT2D eigenvalue weighted by Crippen LogP contribution is -2.55. The summed E-state index contributed by atoms with van der Waals surface area (Å²) in [5, 5.41) is 14.3. The highest BCUT2D eigenvalue weighted by molar-refractivity contribution is 7.03. The minimum absolute atomic E-state index is 0.120. The SMILES string of the molecule is CC(C)(C)Oc1cc(C(=O)CC(=O)O)ccc1C1=N[C@@H](c2ccsn2)[C@@H](c2ccc(Cl)cc2)N1C(=O)N1CCNC(=O)C1. The summed E-state index contributed by atoms with van der Waals surface area (Å²) >= 11 is 7.48. The summed E-state index contributed by atoms with van der Waals surface area (Å²) in [4.78, 5) is 58.7. The topological polar surface area (TPSA) is 142 Å². The monoisotopic (exact) mass is 623 g/mol. The van der Waals surface area contributed by atoms with Crippen LogP contribution in [0.15, 0.2) is 58.9 Å². The highest BCUT2D eigenvalue weighted by Gasteiger charge is 2.46. The number of hydrogen-bond acceptors (Lipinski definition) is 8. The molecule has 3 heterocycles. The minimum atomic E-state index is -1.24. The molecule has 2 atom stereocenters. The van der Waals surface area contributed by atoms with E-state index < -0.39 is 41.9 Å². The molecule has 2 aromatic carbocycles. The van der Waals surface area contributed by atoms with E-state index in [-0.39, 0.29) is 29.6 Å². The van der Waals surface area contributed by atoms with Gasteiger partial charge in [-0.15, -0.1) is 0 Å². The van der Waals surface area contributed by atoms with Gasteiger partial charge in [0.05, 0.1) is 17.3 Å². The van der Waals surface area contributed by atoms with Gasteiger partial charge in [0.15, 0.2) is 5.78 Å². The molecule has 2 N–H and O–H groups in total. The number of carboxylic acid groups (broad SMARTS) is 1. The van der Waals surface area contributed by atoms with Crippen LogP contribution in [0.4, 0.5) is 4.79 Å². The molecule has 0 aliphatic carbocycles. The second-order valence-electron chi connectivity index (χ2n) is 11.2. The van der Waals surface area contributed by atoms with Crippen LogP contribution in [0, 0.1) is 0 Å². The summed E-state index contributed by atoms with van der Waals surface area (Å²) in [5.41, 5.74) is 1.27. The number of ether oxygens (including phenoxy) is 1. The van der Waals surface area contributed by atoms with Crippen LogP contribution in [-0.4, -0.2) is 74.0 Å². The first-order chi connectivity index (χ1) is 20.4. The molecule has 1 aromatic heterocycles. The second kappa shape index (κ2) is 12.1. The van der Waals surface area contributed by atoms with E-state index >= 15 is 0 Å². The Labute approximate surface area is 257 Å². The number of ketones is 1. The molecule has 43 heavy (non-hydrogen) atoms. The van der Waals surface area contributed by atoms with E-state index in [0.29, 0.717) is 29.4 Å². The largest absolute Gasteiger partial charge is 0.487 e. The van der Waals surface area contributed by atoms with Crippen molar-refractivity contribution >= 4 is 52.7 Å². The first kappa shape index (κ1) is 30.2. The number of nitrogens with zero attached hydrogens (tertiary/aromatic N) is 4. The number of piperazine rings is 1. The zero-order valence-corrected chi connectivity index (χ0v) is 25.3. The Bertz CT molecular complexity index is 1590. The molecule has 2 aliphatic rings. The van der Waals surface area contributed by atoms with Crippen molar-refractivity contribution in [2.45, 2.75) is 44.9 Å². The second-order valence-corrected chi connectivity index (χ2v) is 12.3. The molecule has 5 rings (SSSR count). The number of nitrogens with one attached hydrogen (secondary N) is 1. The van der Waals surface area contributed by atoms with Gasteiger partial charge < -0.3 is 20.1 Å². The maximum atomic E-state index is 14.4. The molecular formula is C30H30ClN5O6S. The molecule has 1 fully saturated rings. The molecule has 11 nitrogen and oxygen atoms in total. The molecular weight excluding hydrogens is 594 g/mol. The number of rotatable bonds is 7. The van der Waals surface area contributed by atoms with Crippen LogP contribution < -0.4 is 10.1 Å². The predicted octanol–water partition coefficient (Wildman–Crippen LogP) is 4.73. The highest BCUT2D eigenvalue weighted by atomic mass is 35.5. The van der Waals surface area contributed by atoms with Crippen molar-refractivity contribution in [1.29, 1.82) is 0 Å². The standard InChI is InChI=1S/C30H30ClN5O6S/c1-30(2,3)42-23-14-18(22(37)15-25(39)40)6-9-20(23)28-33-26(21-10-13-43-34-21)27(17-4-7-19(31)8-5-17)36(28)29(41)35-12-11-32-24(38)16-35/h4-10,13-14,26-27H,11-12,15-16H2,1-3H3,(H,32,38)(H,39,40)/t26-,27+/m0/s1. The van der Waals surface area contributed by atoms with E-state index in [4.69, 9.17) is 21.3 Å². The maximum Gasteiger partial charge on any atom is 0.326 e. The predicted molar refractivity (Wildman–Crippen MR) is 161 cm³/mol. The summed E-state index contributed by atoms with van der Waals surface area (Å²) < 4.78 is 10.8. The molecule has 3 amide bonds. The number of benzene rings is 2. The number of carboxylic acids is 1. The maximum absolute atomic E-state index is 14.4. The van der Waals surface area contributed by atoms with Crippen molar-refractivity contribution in [1.82, 2.24) is 19.5 Å². The fraction of sp³-hybridized carbons (Fsp3) is 0.333. The normalized spacial score (nSPS) is 18.7. The summed E-state index contributed by atoms with van der Waals surface area (Å²) in [7, 11) is 0. The first-order valence-corrected chi connectivity index (χ1v) is 14.8. The fourth-order valence-electron chi connectivity index (χ4n) is 5.03. The van der Waals surface area contributed by atoms with Gasteiger partial charge in [0.1, 0.15) is 36.2 Å². The number of carbonyl (C=O) groups excluding carboxylic acids is 3. The van der Waals surface area contributed by atoms with Crippen LogP contribution in [0.1, 0.15) is 66.5 Å². The quantitative estimate of drug-likeness (QED) is 0.286. The van der Waals surface area contributed by atoms with Gasteiger partial charge in [0, 0.05) is 29.1 Å². The van der Waals surface area contributed by atoms with Gasteiger partial charge in [0.25, 0.3) is 0 Å². The van der Waals surface area contributed by atoms with Crippen LogP contribution in [0.2, 0.25) is 5.02 Å². The van der Waals surface area contributed by atoms with E-state index in [0.717, 1.165) is 5.56 Å². The third-order valence-corrected chi connectivity index (χ3v) is 7.65. The van der Waals surface area contributed by atoms with Crippen LogP contribution in [-0.2, 0) is 9.59 Å². The molecule has 224 valence electrons. The molecule has 3 aromatic rings. The number of amides is 3. The lowest BCUT2D eigenvalue weighted by molar-refractivity contribution is -0.136. The number of carbonyl (C=O) groups is 4. The summed E-state index contributed by atoms with van der Waals surface area (Å²) in [6.45, 7) is 6.00. The molecule has 0 spiro atoms. The van der Waals surface area contributed by atoms with E-state index in [1.54, 1.807) is 23.1 Å². The molecule has 0 saturated carbocycles. The number of aliphatic imine (C=N–C) groups is 1. The van der Waals surface area contributed by atoms with Gasteiger partial charge in [-0.05, 0) is 68.2 Å². The van der Waals surface area contributed by atoms with Gasteiger partial charge in [-0.1, -0.05) is 29.8 Å². The van der Waals surface area contributed by atoms with Gasteiger partial charge in [-0.2, -0.15) is 4.37 Å². The number of urea groups is 1. The Morgan fingerprint density at radius 1 is 1.14 bits per heavy atom. The van der Waals surface area contributed by atoms with E-state index in [9.17, 15) is 24.3 Å². The van der Waals surface area contributed by atoms with Crippen LogP contribution in [0.5, 0.6) is 5.75 Å². The fourth-order valence-corrected chi connectivity index (χ4v) is 5.71. The lowest BCUT2D eigenvalue weighted by Gasteiger charge is -2.35. The van der Waals surface area contributed by atoms with Crippen molar-refractivity contribution in [3.8, 4) is 5.75 Å². The average molecular weight is 624 g/mol. The number of aliphatic carboxylic acids is 1. The van der Waals surface area contributed by atoms with Crippen LogP contribution in [0.25, 0.3) is 0 Å². The number of hydrogen-bond donors (Lipinski definition) is 2. The Hall–Kier alpha value is -4.29. The van der Waals surface area contributed by atoms with Crippen molar-refractivity contribution < 1.29 is 29.0 Å². The number of Topliss-reactive ketones (excluding diaryl/α,β-unsaturated/α-hetero) is 1. The molecule has 0 unspecified atom stereocenters. The number of aromatic nitrogens is 1. The third-order valence-electron chi connectivity index (χ3n) is 6.83. The van der Waals surface area contributed by atoms with E-state index in [1.807, 2.05) is 44.4 Å². The first-order valence-electron chi connectivity index (χ1n) is 13.6. The van der Waals surface area contributed by atoms with Crippen LogP contribution in [0.3, 0.4) is 0 Å². The summed E-state index contributed by atoms with van der Waals surface area (Å²) in [6, 6.07) is 11.9. The summed E-state index contributed by atoms with van der Waals surface area (Å²) in [5.74, 6) is -1.57. The van der Waals surface area contributed by atoms with Crippen molar-refractivity contribution in [3.05, 3.63) is 81.3 Å². The van der Waals surface area contributed by atoms with Gasteiger partial charge in [0.2, 0.25) is 5.91 Å². The molecule has 0 radical (unpaired) electrons. The van der Waals surface area contributed by atoms with E-state index in [1.165, 1.54) is 28.6 Å². The zero-order chi connectivity index (χ0) is 30.9. The lowest BCUT2D eigenvalue weighted by atomic mass is 9.97. The van der Waals surface area contributed by atoms with E-state index in [2.05, 4.69) is 9.69 Å². The molecule has 1 saturated heterocycles. The number of amidine groups is 1. The third kappa shape index (κ3) is 6.70. The molecule has 2 aliphatic heterocycles. The van der Waals surface area contributed by atoms with Gasteiger partial charge >= 0.3 is 12.0 Å².